The number of likely N-dealkylation sites (tertiary alicyclic amines) is 1. The molecule has 0 saturated carbocycles. The molecule has 0 unspecified atom stereocenters. The van der Waals surface area contributed by atoms with Crippen molar-refractivity contribution in [3.05, 3.63) is 0 Å². The summed E-state index contributed by atoms with van der Waals surface area (Å²) in [7, 11) is 1.73. The number of guanidine groups is 1. The first-order valence-electron chi connectivity index (χ1n) is 9.38. The third-order valence-electron chi connectivity index (χ3n) is 3.87. The molecule has 1 rings (SSSR count). The van der Waals surface area contributed by atoms with Crippen molar-refractivity contribution < 1.29 is 14.2 Å². The Balaban J connectivity index is 0.00000576. The van der Waals surface area contributed by atoms with Crippen LogP contribution in [0.15, 0.2) is 4.99 Å². The minimum absolute atomic E-state index is 0. The van der Waals surface area contributed by atoms with E-state index in [-0.39, 0.29) is 24.0 Å². The van der Waals surface area contributed by atoms with Crippen LogP contribution in [0.4, 0.5) is 0 Å². The Labute approximate surface area is 171 Å². The van der Waals surface area contributed by atoms with E-state index in [1.54, 1.807) is 7.11 Å². The van der Waals surface area contributed by atoms with Gasteiger partial charge in [0.25, 0.3) is 0 Å². The smallest absolute Gasteiger partial charge is 0.193 e. The van der Waals surface area contributed by atoms with Gasteiger partial charge in [-0.3, -0.25) is 4.99 Å². The summed E-state index contributed by atoms with van der Waals surface area (Å²) >= 11 is 0. The zero-order valence-corrected chi connectivity index (χ0v) is 18.8. The summed E-state index contributed by atoms with van der Waals surface area (Å²) in [4.78, 5) is 7.03. The summed E-state index contributed by atoms with van der Waals surface area (Å²) in [5.41, 5.74) is 0. The molecule has 25 heavy (non-hydrogen) atoms. The molecular weight excluding hydrogens is 433 g/mol. The van der Waals surface area contributed by atoms with Crippen LogP contribution in [0, 0.1) is 5.92 Å². The molecule has 150 valence electrons. The normalized spacial score (nSPS) is 16.2. The van der Waals surface area contributed by atoms with Crippen molar-refractivity contribution in [1.29, 1.82) is 0 Å². The summed E-state index contributed by atoms with van der Waals surface area (Å²) in [5.74, 6) is 1.58. The summed E-state index contributed by atoms with van der Waals surface area (Å²) in [5, 5.41) is 3.39. The summed E-state index contributed by atoms with van der Waals surface area (Å²) in [6, 6.07) is 0. The van der Waals surface area contributed by atoms with Gasteiger partial charge in [-0.05, 0) is 32.1 Å². The number of rotatable bonds is 11. The average molecular weight is 471 g/mol. The number of methoxy groups -OCH3 is 1. The second-order valence-corrected chi connectivity index (χ2v) is 6.61. The lowest BCUT2D eigenvalue weighted by molar-refractivity contribution is 0.00987. The number of halogens is 1. The van der Waals surface area contributed by atoms with Gasteiger partial charge in [-0.25, -0.2) is 0 Å². The summed E-state index contributed by atoms with van der Waals surface area (Å²) in [6.07, 6.45) is 3.45. The molecule has 6 nitrogen and oxygen atoms in total. The van der Waals surface area contributed by atoms with E-state index in [0.29, 0.717) is 25.2 Å². The second-order valence-electron chi connectivity index (χ2n) is 6.61. The summed E-state index contributed by atoms with van der Waals surface area (Å²) in [6.45, 7) is 13.1. The quantitative estimate of drug-likeness (QED) is 0.217. The largest absolute Gasteiger partial charge is 0.385 e. The van der Waals surface area contributed by atoms with E-state index in [2.05, 4.69) is 31.0 Å². The fraction of sp³-hybridized carbons (Fsp3) is 0.944. The van der Waals surface area contributed by atoms with E-state index in [9.17, 15) is 0 Å². The fourth-order valence-corrected chi connectivity index (χ4v) is 2.65. The number of aliphatic imine (C=N–C) groups is 1. The van der Waals surface area contributed by atoms with Gasteiger partial charge in [-0.1, -0.05) is 13.8 Å². The Bertz CT molecular complexity index is 336. The molecule has 1 saturated heterocycles. The van der Waals surface area contributed by atoms with Crippen LogP contribution in [0.3, 0.4) is 0 Å². The molecule has 0 aromatic rings. The number of nitrogens with one attached hydrogen (secondary N) is 1. The third kappa shape index (κ3) is 12.0. The van der Waals surface area contributed by atoms with Crippen LogP contribution in [0.25, 0.3) is 0 Å². The summed E-state index contributed by atoms with van der Waals surface area (Å²) < 4.78 is 16.6. The Kier molecular flexibility index (Phi) is 16.0. The molecule has 0 aliphatic carbocycles. The minimum Gasteiger partial charge on any atom is -0.385 e. The Hall–Kier alpha value is -0.120. The van der Waals surface area contributed by atoms with Crippen LogP contribution in [0.2, 0.25) is 0 Å². The fourth-order valence-electron chi connectivity index (χ4n) is 2.65. The maximum Gasteiger partial charge on any atom is 0.193 e. The molecule has 0 bridgehead atoms. The van der Waals surface area contributed by atoms with E-state index >= 15 is 0 Å². The monoisotopic (exact) mass is 471 g/mol. The highest BCUT2D eigenvalue weighted by Crippen LogP contribution is 2.14. The van der Waals surface area contributed by atoms with Crippen LogP contribution in [-0.4, -0.2) is 76.7 Å². The van der Waals surface area contributed by atoms with E-state index in [1.807, 2.05) is 0 Å². The van der Waals surface area contributed by atoms with Crippen LogP contribution in [0.1, 0.15) is 40.0 Å². The molecule has 0 radical (unpaired) electrons. The van der Waals surface area contributed by atoms with Crippen molar-refractivity contribution in [2.75, 3.05) is 59.7 Å². The average Bonchev–Trinajstić information content (AvgIpc) is 2.58. The van der Waals surface area contributed by atoms with Crippen LogP contribution in [0.5, 0.6) is 0 Å². The van der Waals surface area contributed by atoms with Gasteiger partial charge in [0, 0.05) is 46.6 Å². The van der Waals surface area contributed by atoms with Gasteiger partial charge in [0.1, 0.15) is 0 Å². The number of hydrogen-bond acceptors (Lipinski definition) is 4. The lowest BCUT2D eigenvalue weighted by atomic mass is 10.1. The van der Waals surface area contributed by atoms with Gasteiger partial charge in [-0.15, -0.1) is 24.0 Å². The molecule has 0 aromatic carbocycles. The van der Waals surface area contributed by atoms with Gasteiger partial charge in [0.05, 0.1) is 19.3 Å². The Morgan fingerprint density at radius 2 is 1.92 bits per heavy atom. The third-order valence-corrected chi connectivity index (χ3v) is 3.87. The highest BCUT2D eigenvalue weighted by molar-refractivity contribution is 14.0. The van der Waals surface area contributed by atoms with Gasteiger partial charge in [-0.2, -0.15) is 0 Å². The standard InChI is InChI=1S/C18H37N3O3.HI/c1-5-19-18(20-9-14-23-15-16(2)3)21-10-7-17(8-11-21)24-13-6-12-22-4;/h16-17H,5-15H2,1-4H3,(H,19,20);1H. The second kappa shape index (κ2) is 16.1. The highest BCUT2D eigenvalue weighted by Gasteiger charge is 2.21. The maximum atomic E-state index is 5.92. The first kappa shape index (κ1) is 24.9. The van der Waals surface area contributed by atoms with Crippen molar-refractivity contribution in [2.24, 2.45) is 10.9 Å². The van der Waals surface area contributed by atoms with Crippen molar-refractivity contribution in [3.8, 4) is 0 Å². The predicted octanol–water partition coefficient (Wildman–Crippen LogP) is 2.76. The molecule has 0 amide bonds. The topological polar surface area (TPSA) is 55.3 Å². The molecule has 1 aliphatic rings. The van der Waals surface area contributed by atoms with Crippen LogP contribution in [-0.2, 0) is 14.2 Å². The van der Waals surface area contributed by atoms with E-state index < -0.39 is 0 Å². The van der Waals surface area contributed by atoms with Crippen LogP contribution < -0.4 is 5.32 Å². The van der Waals surface area contributed by atoms with E-state index in [4.69, 9.17) is 19.2 Å². The zero-order chi connectivity index (χ0) is 17.6. The Morgan fingerprint density at radius 3 is 2.52 bits per heavy atom. The first-order chi connectivity index (χ1) is 11.7. The minimum atomic E-state index is 0. The van der Waals surface area contributed by atoms with Crippen LogP contribution >= 0.6 is 24.0 Å². The molecule has 1 aliphatic heterocycles. The van der Waals surface area contributed by atoms with E-state index in [0.717, 1.165) is 64.7 Å². The lowest BCUT2D eigenvalue weighted by Crippen LogP contribution is -2.47. The van der Waals surface area contributed by atoms with Crippen molar-refractivity contribution in [2.45, 2.75) is 46.1 Å². The number of nitrogens with zero attached hydrogens (tertiary/aromatic N) is 2. The maximum absolute atomic E-state index is 5.92. The molecular formula is C18H38IN3O3. The van der Waals surface area contributed by atoms with Gasteiger partial charge < -0.3 is 24.4 Å². The van der Waals surface area contributed by atoms with Gasteiger partial charge in [0.2, 0.25) is 0 Å². The Morgan fingerprint density at radius 1 is 1.20 bits per heavy atom. The SMILES string of the molecule is CCNC(=NCCOCC(C)C)N1CCC(OCCCOC)CC1.I. The molecule has 0 spiro atoms. The number of hydrogen-bond donors (Lipinski definition) is 1. The van der Waals surface area contributed by atoms with E-state index in [1.165, 1.54) is 0 Å². The molecule has 0 aromatic heterocycles. The highest BCUT2D eigenvalue weighted by atomic mass is 127. The van der Waals surface area contributed by atoms with Gasteiger partial charge in [0.15, 0.2) is 5.96 Å². The molecule has 1 N–H and O–H groups in total. The zero-order valence-electron chi connectivity index (χ0n) is 16.5. The van der Waals surface area contributed by atoms with Crippen molar-refractivity contribution in [1.82, 2.24) is 10.2 Å². The van der Waals surface area contributed by atoms with Gasteiger partial charge >= 0.3 is 0 Å². The molecule has 0 atom stereocenters. The number of ether oxygens (including phenoxy) is 3. The molecule has 7 heteroatoms. The van der Waals surface area contributed by atoms with Crippen molar-refractivity contribution >= 4 is 29.9 Å². The molecule has 1 fully saturated rings. The predicted molar refractivity (Wildman–Crippen MR) is 114 cm³/mol. The molecule has 1 heterocycles. The number of piperidine rings is 1. The first-order valence-corrected chi connectivity index (χ1v) is 9.38. The lowest BCUT2D eigenvalue weighted by Gasteiger charge is -2.34. The van der Waals surface area contributed by atoms with Crippen molar-refractivity contribution in [3.63, 3.8) is 0 Å².